The Morgan fingerprint density at radius 1 is 0.761 bits per heavy atom. The fraction of sp³-hybridized carbons (Fsp3) is 0.464. The molecule has 0 aliphatic rings. The molecule has 4 unspecified atom stereocenters. The highest BCUT2D eigenvalue weighted by Crippen LogP contribution is 2.19. The quantitative estimate of drug-likeness (QED) is 0.0406. The number of para-hydroxylation sites is 1. The van der Waals surface area contributed by atoms with E-state index in [-0.39, 0.29) is 63.5 Å². The number of aliphatic imine (C=N–C) groups is 2. The number of carboxylic acid groups (broad SMARTS) is 2. The number of H-pyrrole nitrogens is 1. The number of carbonyl (C=O) groups is 5. The minimum Gasteiger partial charge on any atom is -0.481 e. The molecule has 1 aromatic heterocycles. The number of nitrogens with zero attached hydrogens (tertiary/aromatic N) is 2. The highest BCUT2D eigenvalue weighted by atomic mass is 16.4. The van der Waals surface area contributed by atoms with Gasteiger partial charge in [0.2, 0.25) is 17.7 Å². The first-order valence-corrected chi connectivity index (χ1v) is 14.6. The molecule has 0 radical (unpaired) electrons. The number of benzene rings is 1. The van der Waals surface area contributed by atoms with Crippen molar-refractivity contribution < 1.29 is 34.2 Å². The minimum absolute atomic E-state index is 0.0317. The van der Waals surface area contributed by atoms with Gasteiger partial charge < -0.3 is 59.8 Å². The zero-order chi connectivity index (χ0) is 34.2. The molecule has 18 nitrogen and oxygen atoms in total. The van der Waals surface area contributed by atoms with Crippen molar-refractivity contribution in [1.82, 2.24) is 20.9 Å². The molecule has 0 spiro atoms. The summed E-state index contributed by atoms with van der Waals surface area (Å²) in [7, 11) is 0. The van der Waals surface area contributed by atoms with E-state index in [4.69, 9.17) is 28.7 Å². The zero-order valence-electron chi connectivity index (χ0n) is 25.3. The van der Waals surface area contributed by atoms with Gasteiger partial charge in [-0.05, 0) is 50.2 Å². The van der Waals surface area contributed by atoms with Crippen LogP contribution < -0.4 is 44.6 Å². The van der Waals surface area contributed by atoms with E-state index in [0.29, 0.717) is 0 Å². The van der Waals surface area contributed by atoms with Crippen molar-refractivity contribution in [3.63, 3.8) is 0 Å². The summed E-state index contributed by atoms with van der Waals surface area (Å²) in [5.41, 5.74) is 29.1. The maximum atomic E-state index is 13.4. The standard InChI is InChI=1S/C28H43N11O7/c29-17(13-15-14-36-18-6-2-1-5-16(15)18)23(42)37-19(7-3-11-34-27(30)31)24(43)38-20(9-10-22(40)41)25(44)39-21(26(45)46)8-4-12-35-28(32)33/h1-2,5-6,14,17,19-21,36H,3-4,7-13,29H2,(H,37,42)(H,38,43)(H,39,44)(H,40,41)(H,45,46)(H4,30,31,34)(H4,32,33,35). The second kappa shape index (κ2) is 18.4. The van der Waals surface area contributed by atoms with Crippen molar-refractivity contribution in [1.29, 1.82) is 0 Å². The van der Waals surface area contributed by atoms with E-state index in [1.165, 1.54) is 0 Å². The van der Waals surface area contributed by atoms with Crippen LogP contribution in [0, 0.1) is 0 Å². The molecule has 4 atom stereocenters. The maximum absolute atomic E-state index is 13.4. The van der Waals surface area contributed by atoms with Crippen LogP contribution >= 0.6 is 0 Å². The van der Waals surface area contributed by atoms with Gasteiger partial charge in [0.05, 0.1) is 6.04 Å². The van der Waals surface area contributed by atoms with Crippen molar-refractivity contribution in [3.05, 3.63) is 36.0 Å². The number of amides is 3. The van der Waals surface area contributed by atoms with E-state index < -0.39 is 60.2 Å². The van der Waals surface area contributed by atoms with Crippen molar-refractivity contribution in [3.8, 4) is 0 Å². The number of rotatable bonds is 20. The van der Waals surface area contributed by atoms with E-state index in [1.807, 2.05) is 24.3 Å². The van der Waals surface area contributed by atoms with Crippen molar-refractivity contribution >= 4 is 52.5 Å². The number of aromatic amines is 1. The van der Waals surface area contributed by atoms with Crippen LogP contribution in [0.3, 0.4) is 0 Å². The molecule has 0 aliphatic heterocycles. The lowest BCUT2D eigenvalue weighted by atomic mass is 10.0. The largest absolute Gasteiger partial charge is 0.481 e. The fourth-order valence-electron chi connectivity index (χ4n) is 4.52. The number of carbonyl (C=O) groups excluding carboxylic acids is 3. The van der Waals surface area contributed by atoms with Crippen molar-refractivity contribution in [2.24, 2.45) is 38.7 Å². The normalized spacial score (nSPS) is 13.4. The number of nitrogens with two attached hydrogens (primary N) is 5. The third-order valence-corrected chi connectivity index (χ3v) is 6.87. The highest BCUT2D eigenvalue weighted by Gasteiger charge is 2.30. The molecular formula is C28H43N11O7. The van der Waals surface area contributed by atoms with Gasteiger partial charge in [-0.25, -0.2) is 4.79 Å². The molecular weight excluding hydrogens is 602 g/mol. The summed E-state index contributed by atoms with van der Waals surface area (Å²) in [6.07, 6.45) is 1.47. The molecule has 0 fully saturated rings. The summed E-state index contributed by atoms with van der Waals surface area (Å²) < 4.78 is 0. The molecule has 0 bridgehead atoms. The lowest BCUT2D eigenvalue weighted by Gasteiger charge is -2.25. The molecule has 1 heterocycles. The zero-order valence-corrected chi connectivity index (χ0v) is 25.3. The molecule has 0 aliphatic carbocycles. The number of guanidine groups is 2. The van der Waals surface area contributed by atoms with Gasteiger partial charge >= 0.3 is 11.9 Å². The van der Waals surface area contributed by atoms with Crippen LogP contribution in [0.4, 0.5) is 0 Å². The highest BCUT2D eigenvalue weighted by molar-refractivity contribution is 5.94. The molecule has 18 heteroatoms. The van der Waals surface area contributed by atoms with Gasteiger partial charge in [-0.15, -0.1) is 0 Å². The Labute approximate surface area is 264 Å². The van der Waals surface area contributed by atoms with Gasteiger partial charge in [-0.2, -0.15) is 0 Å². The Kier molecular flexibility index (Phi) is 14.7. The van der Waals surface area contributed by atoms with Gasteiger partial charge in [0, 0.05) is 36.6 Å². The number of aliphatic carboxylic acids is 2. The second-order valence-corrected chi connectivity index (χ2v) is 10.5. The topological polar surface area (TPSA) is 333 Å². The van der Waals surface area contributed by atoms with E-state index in [1.54, 1.807) is 6.20 Å². The summed E-state index contributed by atoms with van der Waals surface area (Å²) in [6, 6.07) is 2.39. The lowest BCUT2D eigenvalue weighted by Crippen LogP contribution is -2.57. The van der Waals surface area contributed by atoms with Crippen LogP contribution in [0.15, 0.2) is 40.4 Å². The SMILES string of the molecule is NC(N)=NCCCC(NC(=O)C(CCC(=O)O)NC(=O)C(CCCN=C(N)N)NC(=O)C(N)Cc1c[nH]c2ccccc12)C(=O)O. The number of nitrogens with one attached hydrogen (secondary N) is 4. The number of carboxylic acids is 2. The first kappa shape index (κ1) is 36.8. The third kappa shape index (κ3) is 12.7. The lowest BCUT2D eigenvalue weighted by molar-refractivity contribution is -0.143. The second-order valence-electron chi connectivity index (χ2n) is 10.5. The van der Waals surface area contributed by atoms with E-state index in [2.05, 4.69) is 30.9 Å². The Bertz CT molecular complexity index is 1420. The van der Waals surface area contributed by atoms with Crippen LogP contribution in [-0.2, 0) is 30.4 Å². The fourth-order valence-corrected chi connectivity index (χ4v) is 4.52. The van der Waals surface area contributed by atoms with E-state index in [9.17, 15) is 34.2 Å². The molecule has 1 aromatic carbocycles. The molecule has 0 saturated carbocycles. The molecule has 46 heavy (non-hydrogen) atoms. The number of hydrogen-bond donors (Lipinski definition) is 11. The Morgan fingerprint density at radius 3 is 1.85 bits per heavy atom. The van der Waals surface area contributed by atoms with Crippen LogP contribution in [0.2, 0.25) is 0 Å². The van der Waals surface area contributed by atoms with Crippen LogP contribution in [0.5, 0.6) is 0 Å². The van der Waals surface area contributed by atoms with Crippen molar-refractivity contribution in [2.45, 2.75) is 69.1 Å². The van der Waals surface area contributed by atoms with Gasteiger partial charge in [0.15, 0.2) is 11.9 Å². The number of fused-ring (bicyclic) bond motifs is 1. The minimum atomic E-state index is -1.44. The molecule has 0 saturated heterocycles. The molecule has 16 N–H and O–H groups in total. The average molecular weight is 646 g/mol. The Morgan fingerprint density at radius 2 is 1.28 bits per heavy atom. The van der Waals surface area contributed by atoms with E-state index >= 15 is 0 Å². The smallest absolute Gasteiger partial charge is 0.326 e. The first-order valence-electron chi connectivity index (χ1n) is 14.6. The first-order chi connectivity index (χ1) is 21.8. The van der Waals surface area contributed by atoms with Crippen molar-refractivity contribution in [2.75, 3.05) is 13.1 Å². The summed E-state index contributed by atoms with van der Waals surface area (Å²) in [4.78, 5) is 73.5. The average Bonchev–Trinajstić information content (AvgIpc) is 3.39. The molecule has 252 valence electrons. The molecule has 2 rings (SSSR count). The Hall–Kier alpha value is -5.39. The molecule has 3 amide bonds. The Balaban J connectivity index is 2.18. The van der Waals surface area contributed by atoms with Gasteiger partial charge in [0.1, 0.15) is 18.1 Å². The molecule has 2 aromatic rings. The number of aromatic nitrogens is 1. The predicted octanol–water partition coefficient (Wildman–Crippen LogP) is -2.45. The van der Waals surface area contributed by atoms with Gasteiger partial charge in [-0.3, -0.25) is 29.2 Å². The van der Waals surface area contributed by atoms with Crippen LogP contribution in [0.1, 0.15) is 44.1 Å². The predicted molar refractivity (Wildman–Crippen MR) is 170 cm³/mol. The monoisotopic (exact) mass is 645 g/mol. The maximum Gasteiger partial charge on any atom is 0.326 e. The van der Waals surface area contributed by atoms with Crippen LogP contribution in [-0.4, -0.2) is 94.0 Å². The number of hydrogen-bond acceptors (Lipinski definition) is 8. The summed E-state index contributed by atoms with van der Waals surface area (Å²) >= 11 is 0. The third-order valence-electron chi connectivity index (χ3n) is 6.87. The summed E-state index contributed by atoms with van der Waals surface area (Å²) in [6.45, 7) is 0.247. The van der Waals surface area contributed by atoms with E-state index in [0.717, 1.165) is 16.5 Å². The van der Waals surface area contributed by atoms with Gasteiger partial charge in [0.25, 0.3) is 0 Å². The summed E-state index contributed by atoms with van der Waals surface area (Å²) in [5, 5.41) is 27.1. The van der Waals surface area contributed by atoms with Crippen LogP contribution in [0.25, 0.3) is 10.9 Å². The van der Waals surface area contributed by atoms with Gasteiger partial charge in [-0.1, -0.05) is 18.2 Å². The summed E-state index contributed by atoms with van der Waals surface area (Å²) in [5.74, 6) is -5.33.